The minimum Gasteiger partial charge on any atom is -0.320 e. The first-order chi connectivity index (χ1) is 11.4. The van der Waals surface area contributed by atoms with Crippen molar-refractivity contribution in [1.82, 2.24) is 9.78 Å². The molecule has 6 heteroatoms. The van der Waals surface area contributed by atoms with E-state index in [9.17, 15) is 14.0 Å². The van der Waals surface area contributed by atoms with Crippen LogP contribution in [-0.4, -0.2) is 15.7 Å². The molecule has 0 fully saturated rings. The zero-order chi connectivity index (χ0) is 17.4. The molecular weight excluding hydrogens is 309 g/mol. The van der Waals surface area contributed by atoms with Crippen molar-refractivity contribution in [2.24, 2.45) is 7.05 Å². The van der Waals surface area contributed by atoms with Crippen molar-refractivity contribution in [2.75, 3.05) is 5.32 Å². The summed E-state index contributed by atoms with van der Waals surface area (Å²) in [5.41, 5.74) is 2.07. The second kappa shape index (κ2) is 5.88. The number of carbonyl (C=O) groups excluding carboxylic acids is 1. The fraction of sp³-hybridized carbons (Fsp3) is 0.167. The van der Waals surface area contributed by atoms with Crippen LogP contribution in [0.5, 0.6) is 0 Å². The third-order valence-electron chi connectivity index (χ3n) is 3.87. The number of amides is 1. The van der Waals surface area contributed by atoms with Crippen molar-refractivity contribution < 1.29 is 9.18 Å². The van der Waals surface area contributed by atoms with Gasteiger partial charge in [0.2, 0.25) is 5.43 Å². The molecule has 0 saturated carbocycles. The molecule has 0 aliphatic carbocycles. The summed E-state index contributed by atoms with van der Waals surface area (Å²) in [4.78, 5) is 25.0. The van der Waals surface area contributed by atoms with Gasteiger partial charge in [0.25, 0.3) is 5.91 Å². The molecule has 1 N–H and O–H groups in total. The third kappa shape index (κ3) is 2.78. The molecule has 3 rings (SSSR count). The van der Waals surface area contributed by atoms with Gasteiger partial charge < -0.3 is 5.32 Å². The molecule has 0 bridgehead atoms. The van der Waals surface area contributed by atoms with Crippen LogP contribution >= 0.6 is 0 Å². The number of fused-ring (bicyclic) bond motifs is 1. The minimum atomic E-state index is -0.615. The molecular formula is C18H16FN3O2. The second-order valence-corrected chi connectivity index (χ2v) is 5.74. The highest BCUT2D eigenvalue weighted by atomic mass is 19.1. The molecule has 24 heavy (non-hydrogen) atoms. The van der Waals surface area contributed by atoms with Crippen molar-refractivity contribution in [3.8, 4) is 0 Å². The molecule has 5 nitrogen and oxygen atoms in total. The van der Waals surface area contributed by atoms with Gasteiger partial charge in [0.05, 0.1) is 10.9 Å². The van der Waals surface area contributed by atoms with E-state index >= 15 is 0 Å². The number of benzene rings is 2. The van der Waals surface area contributed by atoms with Gasteiger partial charge in [0, 0.05) is 12.7 Å². The number of aryl methyl sites for hydroxylation is 3. The normalized spacial score (nSPS) is 10.8. The van der Waals surface area contributed by atoms with E-state index in [1.807, 2.05) is 32.0 Å². The Morgan fingerprint density at radius 1 is 1.17 bits per heavy atom. The predicted molar refractivity (Wildman–Crippen MR) is 90.8 cm³/mol. The van der Waals surface area contributed by atoms with E-state index in [-0.39, 0.29) is 11.1 Å². The molecule has 0 spiro atoms. The molecule has 0 unspecified atom stereocenters. The molecule has 0 radical (unpaired) electrons. The number of halogens is 1. The maximum Gasteiger partial charge on any atom is 0.280 e. The van der Waals surface area contributed by atoms with Crippen molar-refractivity contribution in [3.05, 3.63) is 69.3 Å². The molecule has 3 aromatic rings. The van der Waals surface area contributed by atoms with Crippen LogP contribution in [0, 0.1) is 19.7 Å². The molecule has 0 saturated heterocycles. The first kappa shape index (κ1) is 15.9. The summed E-state index contributed by atoms with van der Waals surface area (Å²) in [5.74, 6) is -1.15. The van der Waals surface area contributed by atoms with Crippen LogP contribution in [0.15, 0.2) is 41.2 Å². The Morgan fingerprint density at radius 2 is 1.92 bits per heavy atom. The number of nitrogens with zero attached hydrogens (tertiary/aromatic N) is 2. The smallest absolute Gasteiger partial charge is 0.280 e. The van der Waals surface area contributed by atoms with E-state index in [1.54, 1.807) is 7.05 Å². The Hall–Kier alpha value is -3.02. The van der Waals surface area contributed by atoms with Crippen LogP contribution in [0.2, 0.25) is 0 Å². The highest BCUT2D eigenvalue weighted by Gasteiger charge is 2.17. The van der Waals surface area contributed by atoms with Crippen LogP contribution in [0.3, 0.4) is 0 Å². The largest absolute Gasteiger partial charge is 0.320 e. The summed E-state index contributed by atoms with van der Waals surface area (Å²) in [5, 5.41) is 6.88. The fourth-order valence-corrected chi connectivity index (χ4v) is 2.55. The van der Waals surface area contributed by atoms with Crippen LogP contribution in [0.4, 0.5) is 10.1 Å². The molecule has 0 aliphatic rings. The zero-order valence-electron chi connectivity index (χ0n) is 13.6. The number of carbonyl (C=O) groups is 1. The highest BCUT2D eigenvalue weighted by molar-refractivity contribution is 6.04. The van der Waals surface area contributed by atoms with Crippen molar-refractivity contribution >= 4 is 22.5 Å². The van der Waals surface area contributed by atoms with Gasteiger partial charge in [0.1, 0.15) is 5.82 Å². The van der Waals surface area contributed by atoms with Gasteiger partial charge in [-0.25, -0.2) is 4.39 Å². The maximum atomic E-state index is 13.5. The van der Waals surface area contributed by atoms with E-state index in [0.29, 0.717) is 11.2 Å². The van der Waals surface area contributed by atoms with E-state index in [0.717, 1.165) is 17.2 Å². The van der Waals surface area contributed by atoms with Crippen molar-refractivity contribution in [1.29, 1.82) is 0 Å². The first-order valence-corrected chi connectivity index (χ1v) is 7.42. The van der Waals surface area contributed by atoms with Crippen LogP contribution in [0.25, 0.3) is 10.9 Å². The molecule has 0 atom stereocenters. The monoisotopic (exact) mass is 325 g/mol. The number of aromatic nitrogens is 2. The Labute approximate surface area is 137 Å². The lowest BCUT2D eigenvalue weighted by Crippen LogP contribution is -2.26. The van der Waals surface area contributed by atoms with Gasteiger partial charge >= 0.3 is 0 Å². The Kier molecular flexibility index (Phi) is 3.89. The highest BCUT2D eigenvalue weighted by Crippen LogP contribution is 2.17. The zero-order valence-corrected chi connectivity index (χ0v) is 13.6. The number of rotatable bonds is 2. The van der Waals surface area contributed by atoms with E-state index in [4.69, 9.17) is 0 Å². The molecule has 1 amide bonds. The summed E-state index contributed by atoms with van der Waals surface area (Å²) < 4.78 is 14.9. The molecule has 122 valence electrons. The number of hydrogen-bond donors (Lipinski definition) is 1. The summed E-state index contributed by atoms with van der Waals surface area (Å²) in [6.07, 6.45) is 0. The van der Waals surface area contributed by atoms with Gasteiger partial charge in [-0.05, 0) is 49.2 Å². The SMILES string of the molecule is Cc1ccc(C)c(NC(=O)c2nn(C)c3ccc(F)cc3c2=O)c1. The molecule has 1 heterocycles. The molecule has 2 aromatic carbocycles. The number of anilines is 1. The molecule has 0 aliphatic heterocycles. The van der Waals surface area contributed by atoms with Crippen molar-refractivity contribution in [3.63, 3.8) is 0 Å². The predicted octanol–water partition coefficient (Wildman–Crippen LogP) is 2.94. The van der Waals surface area contributed by atoms with Gasteiger partial charge in [0.15, 0.2) is 5.69 Å². The summed E-state index contributed by atoms with van der Waals surface area (Å²) in [6.45, 7) is 3.77. The topological polar surface area (TPSA) is 64.0 Å². The summed E-state index contributed by atoms with van der Waals surface area (Å²) in [7, 11) is 1.61. The van der Waals surface area contributed by atoms with E-state index in [2.05, 4.69) is 10.4 Å². The van der Waals surface area contributed by atoms with Gasteiger partial charge in [-0.2, -0.15) is 5.10 Å². The average Bonchev–Trinajstić information content (AvgIpc) is 2.54. The Bertz CT molecular complexity index is 1020. The minimum absolute atomic E-state index is 0.124. The lowest BCUT2D eigenvalue weighted by Gasteiger charge is -2.10. The van der Waals surface area contributed by atoms with Crippen molar-refractivity contribution in [2.45, 2.75) is 13.8 Å². The van der Waals surface area contributed by atoms with E-state index in [1.165, 1.54) is 16.8 Å². The quantitative estimate of drug-likeness (QED) is 0.788. The number of nitrogens with one attached hydrogen (secondary N) is 1. The second-order valence-electron chi connectivity index (χ2n) is 5.74. The van der Waals surface area contributed by atoms with Crippen LogP contribution in [-0.2, 0) is 7.05 Å². The van der Waals surface area contributed by atoms with Crippen LogP contribution in [0.1, 0.15) is 21.6 Å². The van der Waals surface area contributed by atoms with Gasteiger partial charge in [-0.1, -0.05) is 12.1 Å². The summed E-state index contributed by atoms with van der Waals surface area (Å²) >= 11 is 0. The average molecular weight is 325 g/mol. The first-order valence-electron chi connectivity index (χ1n) is 7.42. The van der Waals surface area contributed by atoms with Gasteiger partial charge in [-0.15, -0.1) is 0 Å². The lowest BCUT2D eigenvalue weighted by atomic mass is 10.1. The third-order valence-corrected chi connectivity index (χ3v) is 3.87. The summed E-state index contributed by atoms with van der Waals surface area (Å²) in [6, 6.07) is 9.46. The van der Waals surface area contributed by atoms with Gasteiger partial charge in [-0.3, -0.25) is 14.3 Å². The molecule has 1 aromatic heterocycles. The Morgan fingerprint density at radius 3 is 2.67 bits per heavy atom. The van der Waals surface area contributed by atoms with E-state index < -0.39 is 17.2 Å². The maximum absolute atomic E-state index is 13.5. The number of hydrogen-bond acceptors (Lipinski definition) is 3. The standard InChI is InChI=1S/C18H16FN3O2/c1-10-4-5-11(2)14(8-10)20-18(24)16-17(23)13-9-12(19)6-7-15(13)22(3)21-16/h4-9H,1-3H3,(H,20,24). The fourth-order valence-electron chi connectivity index (χ4n) is 2.55. The van der Waals surface area contributed by atoms with Crippen LogP contribution < -0.4 is 10.7 Å². The lowest BCUT2D eigenvalue weighted by molar-refractivity contribution is 0.101. The Balaban J connectivity index is 2.09.